The van der Waals surface area contributed by atoms with Crippen LogP contribution >= 0.6 is 11.6 Å². The van der Waals surface area contributed by atoms with E-state index in [2.05, 4.69) is 42.1 Å². The Morgan fingerprint density at radius 2 is 1.57 bits per heavy atom. The molecule has 8 heteroatoms. The Bertz CT molecular complexity index is 1470. The van der Waals surface area contributed by atoms with Gasteiger partial charge in [-0.15, -0.1) is 0 Å². The normalized spacial score (nSPS) is 16.5. The number of pyridine rings is 1. The van der Waals surface area contributed by atoms with E-state index < -0.39 is 18.3 Å². The van der Waals surface area contributed by atoms with Crippen molar-refractivity contribution in [3.8, 4) is 11.1 Å². The number of halogens is 1. The fourth-order valence-corrected chi connectivity index (χ4v) is 4.75. The molecule has 37 heavy (non-hydrogen) atoms. The van der Waals surface area contributed by atoms with Crippen LogP contribution < -0.4 is 10.8 Å². The first-order valence-electron chi connectivity index (χ1n) is 12.6. The molecule has 0 spiro atoms. The number of hydrogen-bond acceptors (Lipinski definition) is 6. The van der Waals surface area contributed by atoms with Gasteiger partial charge in [0, 0.05) is 33.9 Å². The number of hydrogen-bond donors (Lipinski definition) is 1. The largest absolute Gasteiger partial charge is 0.496 e. The third-order valence-electron chi connectivity index (χ3n) is 7.40. The number of benzene rings is 2. The summed E-state index contributed by atoms with van der Waals surface area (Å²) in [5.74, 6) is 1.65. The van der Waals surface area contributed by atoms with Crippen molar-refractivity contribution in [2.45, 2.75) is 65.6 Å². The maximum absolute atomic E-state index is 7.02. The Balaban J connectivity index is 1.54. The molecule has 0 saturated carbocycles. The first-order valence-corrected chi connectivity index (χ1v) is 13.0. The lowest BCUT2D eigenvalue weighted by molar-refractivity contribution is 0.00578. The molecule has 1 fully saturated rings. The number of fused-ring (bicyclic) bond motifs is 1. The van der Waals surface area contributed by atoms with Gasteiger partial charge in [0.2, 0.25) is 0 Å². The molecule has 0 unspecified atom stereocenters. The van der Waals surface area contributed by atoms with E-state index in [0.29, 0.717) is 10.8 Å². The minimum Gasteiger partial charge on any atom is -0.399 e. The van der Waals surface area contributed by atoms with Crippen LogP contribution in [0.5, 0.6) is 0 Å². The lowest BCUT2D eigenvalue weighted by Gasteiger charge is -2.32. The van der Waals surface area contributed by atoms with Crippen molar-refractivity contribution in [3.63, 3.8) is 0 Å². The van der Waals surface area contributed by atoms with Crippen molar-refractivity contribution in [1.82, 2.24) is 15.0 Å². The van der Waals surface area contributed by atoms with E-state index in [4.69, 9.17) is 25.9 Å². The zero-order chi connectivity index (χ0) is 26.5. The van der Waals surface area contributed by atoms with E-state index >= 15 is 0 Å². The molecule has 0 amide bonds. The quantitative estimate of drug-likeness (QED) is 0.295. The van der Waals surface area contributed by atoms with Gasteiger partial charge in [0.25, 0.3) is 0 Å². The molecule has 1 saturated heterocycles. The van der Waals surface area contributed by atoms with Crippen LogP contribution in [0.25, 0.3) is 22.2 Å². The van der Waals surface area contributed by atoms with Crippen LogP contribution in [0.3, 0.4) is 0 Å². The number of rotatable bonds is 5. The molecule has 0 aliphatic carbocycles. The Hall–Kier alpha value is -3.00. The monoisotopic (exact) mass is 514 g/mol. The van der Waals surface area contributed by atoms with Crippen molar-refractivity contribution in [2.24, 2.45) is 0 Å². The van der Waals surface area contributed by atoms with E-state index in [-0.39, 0.29) is 5.92 Å². The second-order valence-corrected chi connectivity index (χ2v) is 11.2. The lowest BCUT2D eigenvalue weighted by atomic mass is 9.77. The zero-order valence-corrected chi connectivity index (χ0v) is 23.1. The molecule has 1 aliphatic rings. The van der Waals surface area contributed by atoms with Gasteiger partial charge in [-0.05, 0) is 63.9 Å². The SMILES string of the molecule is Cc1c(Nc2nc(C(C)C)nc3cccnc23)cccc1-c1cccc(B2OC(C)(C)C(C)(C)O2)c1Cl. The molecule has 0 radical (unpaired) electrons. The van der Waals surface area contributed by atoms with Gasteiger partial charge >= 0.3 is 7.12 Å². The molecule has 2 aromatic carbocycles. The van der Waals surface area contributed by atoms with Crippen LogP contribution in [-0.4, -0.2) is 33.3 Å². The van der Waals surface area contributed by atoms with Gasteiger partial charge in [0.05, 0.1) is 16.7 Å². The molecule has 0 atom stereocenters. The molecular weight excluding hydrogens is 483 g/mol. The fourth-order valence-electron chi connectivity index (χ4n) is 4.43. The minimum atomic E-state index is -0.535. The molecule has 0 bridgehead atoms. The highest BCUT2D eigenvalue weighted by molar-refractivity contribution is 6.66. The second-order valence-electron chi connectivity index (χ2n) is 10.9. The van der Waals surface area contributed by atoms with Crippen molar-refractivity contribution in [3.05, 3.63) is 71.1 Å². The average molecular weight is 515 g/mol. The summed E-state index contributed by atoms with van der Waals surface area (Å²) in [5, 5.41) is 4.15. The molecule has 3 heterocycles. The predicted octanol–water partition coefficient (Wildman–Crippen LogP) is 6.82. The maximum Gasteiger partial charge on any atom is 0.496 e. The summed E-state index contributed by atoms with van der Waals surface area (Å²) < 4.78 is 12.6. The van der Waals surface area contributed by atoms with Crippen molar-refractivity contribution in [2.75, 3.05) is 5.32 Å². The zero-order valence-electron chi connectivity index (χ0n) is 22.4. The van der Waals surface area contributed by atoms with Gasteiger partial charge in [-0.25, -0.2) is 9.97 Å². The highest BCUT2D eigenvalue weighted by Crippen LogP contribution is 2.39. The van der Waals surface area contributed by atoms with Gasteiger partial charge in [-0.3, -0.25) is 4.98 Å². The summed E-state index contributed by atoms with van der Waals surface area (Å²) in [7, 11) is -0.535. The molecule has 1 aliphatic heterocycles. The summed E-state index contributed by atoms with van der Waals surface area (Å²) in [4.78, 5) is 14.0. The highest BCUT2D eigenvalue weighted by Gasteiger charge is 2.52. The lowest BCUT2D eigenvalue weighted by Crippen LogP contribution is -2.41. The van der Waals surface area contributed by atoms with Gasteiger partial charge in [0.1, 0.15) is 11.3 Å². The van der Waals surface area contributed by atoms with Crippen LogP contribution in [0.1, 0.15) is 58.8 Å². The maximum atomic E-state index is 7.02. The average Bonchev–Trinajstić information content (AvgIpc) is 3.07. The molecule has 6 nitrogen and oxygen atoms in total. The number of aromatic nitrogens is 3. The number of anilines is 2. The minimum absolute atomic E-state index is 0.189. The van der Waals surface area contributed by atoms with Crippen LogP contribution in [-0.2, 0) is 9.31 Å². The summed E-state index contributed by atoms with van der Waals surface area (Å²) in [5.41, 5.74) is 5.39. The Labute approximate surface area is 224 Å². The van der Waals surface area contributed by atoms with Crippen molar-refractivity contribution in [1.29, 1.82) is 0 Å². The summed E-state index contributed by atoms with van der Waals surface area (Å²) in [6, 6.07) is 16.0. The van der Waals surface area contributed by atoms with Crippen LogP contribution in [0, 0.1) is 6.92 Å². The molecule has 190 valence electrons. The standard InChI is InChI=1S/C29H32BClN4O2/c1-17(2)26-34-23-15-10-16-32-25(23)27(35-26)33-22-14-9-11-19(18(22)3)20-12-8-13-21(24(20)31)30-36-28(4,5)29(6,7)37-30/h8-17H,1-7H3,(H,33,34,35). The van der Waals surface area contributed by atoms with Crippen LogP contribution in [0.2, 0.25) is 5.02 Å². The smallest absolute Gasteiger partial charge is 0.399 e. The summed E-state index contributed by atoms with van der Waals surface area (Å²) in [6.45, 7) is 14.4. The molecule has 1 N–H and O–H groups in total. The molecule has 4 aromatic rings. The van der Waals surface area contributed by atoms with Gasteiger partial charge in [0.15, 0.2) is 5.82 Å². The van der Waals surface area contributed by atoms with Gasteiger partial charge in [-0.2, -0.15) is 0 Å². The fraction of sp³-hybridized carbons (Fsp3) is 0.345. The van der Waals surface area contributed by atoms with Gasteiger partial charge < -0.3 is 14.6 Å². The Kier molecular flexibility index (Phi) is 6.51. The third-order valence-corrected chi connectivity index (χ3v) is 7.82. The topological polar surface area (TPSA) is 69.2 Å². The Morgan fingerprint density at radius 1 is 0.892 bits per heavy atom. The van der Waals surface area contributed by atoms with Crippen LogP contribution in [0.4, 0.5) is 11.5 Å². The van der Waals surface area contributed by atoms with E-state index in [9.17, 15) is 0 Å². The molecule has 5 rings (SSSR count). The Morgan fingerprint density at radius 3 is 2.27 bits per heavy atom. The van der Waals surface area contributed by atoms with E-state index in [1.807, 2.05) is 70.2 Å². The molecule has 2 aromatic heterocycles. The summed E-state index contributed by atoms with van der Waals surface area (Å²) >= 11 is 7.02. The second kappa shape index (κ2) is 9.39. The van der Waals surface area contributed by atoms with Gasteiger partial charge in [-0.1, -0.05) is 55.8 Å². The highest BCUT2D eigenvalue weighted by atomic mass is 35.5. The first kappa shape index (κ1) is 25.6. The number of nitrogens with one attached hydrogen (secondary N) is 1. The van der Waals surface area contributed by atoms with E-state index in [0.717, 1.165) is 44.7 Å². The number of nitrogens with zero attached hydrogens (tertiary/aromatic N) is 3. The van der Waals surface area contributed by atoms with Crippen molar-refractivity contribution >= 4 is 46.7 Å². The van der Waals surface area contributed by atoms with E-state index in [1.165, 1.54) is 0 Å². The van der Waals surface area contributed by atoms with Crippen LogP contribution in [0.15, 0.2) is 54.7 Å². The van der Waals surface area contributed by atoms with E-state index in [1.54, 1.807) is 6.20 Å². The first-order chi connectivity index (χ1) is 17.5. The third kappa shape index (κ3) is 4.61. The molecular formula is C29H32BClN4O2. The summed E-state index contributed by atoms with van der Waals surface area (Å²) in [6.07, 6.45) is 1.76. The van der Waals surface area contributed by atoms with Crippen molar-refractivity contribution < 1.29 is 9.31 Å². The predicted molar refractivity (Wildman–Crippen MR) is 152 cm³/mol.